The predicted octanol–water partition coefficient (Wildman–Crippen LogP) is 2.89. The molecule has 0 aromatic heterocycles. The topological polar surface area (TPSA) is 189 Å². The number of ether oxygens (including phenoxy) is 1. The Balaban J connectivity index is 1.81. The average Bonchev–Trinajstić information content (AvgIpc) is 3.04. The summed E-state index contributed by atoms with van der Waals surface area (Å²) in [5.74, 6) is -3.23. The van der Waals surface area contributed by atoms with E-state index in [4.69, 9.17) is 10.5 Å². The molecule has 0 bridgehead atoms. The van der Waals surface area contributed by atoms with Crippen LogP contribution in [0.4, 0.5) is 4.79 Å². The molecule has 0 saturated heterocycles. The van der Waals surface area contributed by atoms with Crippen molar-refractivity contribution in [2.75, 3.05) is 6.54 Å². The maximum absolute atomic E-state index is 13.9. The molecule has 12 heteroatoms. The molecule has 3 rings (SSSR count). The van der Waals surface area contributed by atoms with Gasteiger partial charge in [0.25, 0.3) is 0 Å². The van der Waals surface area contributed by atoms with Crippen molar-refractivity contribution < 1.29 is 33.8 Å². The fourth-order valence-electron chi connectivity index (χ4n) is 5.09. The fourth-order valence-corrected chi connectivity index (χ4v) is 5.09. The van der Waals surface area contributed by atoms with E-state index >= 15 is 0 Å². The van der Waals surface area contributed by atoms with Crippen molar-refractivity contribution in [3.05, 3.63) is 108 Å². The molecule has 4 amide bonds. The van der Waals surface area contributed by atoms with Crippen LogP contribution in [-0.4, -0.2) is 71.2 Å². The van der Waals surface area contributed by atoms with Gasteiger partial charge in [-0.05, 0) is 56.7 Å². The zero-order valence-corrected chi connectivity index (χ0v) is 28.2. The Labute approximate surface area is 287 Å². The molecule has 0 unspecified atom stereocenters. The van der Waals surface area contributed by atoms with E-state index in [0.29, 0.717) is 6.42 Å². The zero-order chi connectivity index (χ0) is 35.8. The number of carbonyl (C=O) groups is 5. The molecule has 0 aliphatic rings. The minimum Gasteiger partial charge on any atom is -0.481 e. The highest BCUT2D eigenvalue weighted by Gasteiger charge is 2.30. The number of carboxylic acid groups (broad SMARTS) is 1. The average molecular weight is 674 g/mol. The normalized spacial score (nSPS) is 13.6. The van der Waals surface area contributed by atoms with Gasteiger partial charge < -0.3 is 36.8 Å². The molecule has 7 N–H and O–H groups in total. The van der Waals surface area contributed by atoms with Gasteiger partial charge in [-0.25, -0.2) is 4.79 Å². The Morgan fingerprint density at radius 1 is 0.673 bits per heavy atom. The fraction of sp³-hybridized carbons (Fsp3) is 0.378. The first-order valence-corrected chi connectivity index (χ1v) is 16.3. The molecule has 0 spiro atoms. The highest BCUT2D eigenvalue weighted by atomic mass is 16.6. The van der Waals surface area contributed by atoms with E-state index in [0.717, 1.165) is 16.7 Å². The van der Waals surface area contributed by atoms with E-state index in [1.54, 1.807) is 45.0 Å². The molecule has 3 aromatic rings. The molecule has 0 heterocycles. The molecule has 3 aromatic carbocycles. The van der Waals surface area contributed by atoms with Crippen LogP contribution < -0.4 is 27.0 Å². The predicted molar refractivity (Wildman–Crippen MR) is 185 cm³/mol. The summed E-state index contributed by atoms with van der Waals surface area (Å²) in [4.78, 5) is 63.9. The molecule has 0 aliphatic carbocycles. The van der Waals surface area contributed by atoms with Gasteiger partial charge in [0.1, 0.15) is 17.7 Å². The van der Waals surface area contributed by atoms with Crippen molar-refractivity contribution in [1.29, 1.82) is 0 Å². The molecule has 0 saturated carbocycles. The Bertz CT molecular complexity index is 1510. The van der Waals surface area contributed by atoms with Crippen LogP contribution in [0.1, 0.15) is 50.3 Å². The third-order valence-corrected chi connectivity index (χ3v) is 7.48. The van der Waals surface area contributed by atoms with Gasteiger partial charge in [-0.3, -0.25) is 19.2 Å². The lowest BCUT2D eigenvalue weighted by Gasteiger charge is -2.27. The molecule has 0 radical (unpaired) electrons. The number of nitrogens with one attached hydrogen (secondary N) is 4. The van der Waals surface area contributed by atoms with Gasteiger partial charge in [0.15, 0.2) is 0 Å². The Morgan fingerprint density at radius 3 is 1.59 bits per heavy atom. The van der Waals surface area contributed by atoms with Crippen molar-refractivity contribution in [2.45, 2.75) is 82.6 Å². The minimum absolute atomic E-state index is 0.118. The lowest BCUT2D eigenvalue weighted by molar-refractivity contribution is -0.138. The van der Waals surface area contributed by atoms with Gasteiger partial charge >= 0.3 is 12.1 Å². The van der Waals surface area contributed by atoms with Crippen molar-refractivity contribution in [3.63, 3.8) is 0 Å². The maximum atomic E-state index is 13.9. The Hall–Kier alpha value is -5.23. The highest BCUT2D eigenvalue weighted by Crippen LogP contribution is 2.11. The number of carboxylic acids is 1. The van der Waals surface area contributed by atoms with Crippen LogP contribution in [0.5, 0.6) is 0 Å². The van der Waals surface area contributed by atoms with Crippen LogP contribution in [0.3, 0.4) is 0 Å². The number of amides is 4. The van der Waals surface area contributed by atoms with Crippen LogP contribution in [0.25, 0.3) is 0 Å². The van der Waals surface area contributed by atoms with Crippen LogP contribution >= 0.6 is 0 Å². The lowest BCUT2D eigenvalue weighted by Crippen LogP contribution is -2.57. The largest absolute Gasteiger partial charge is 0.481 e. The van der Waals surface area contributed by atoms with Gasteiger partial charge in [-0.1, -0.05) is 91.0 Å². The Kier molecular flexibility index (Phi) is 14.8. The number of benzene rings is 3. The summed E-state index contributed by atoms with van der Waals surface area (Å²) < 4.78 is 5.48. The van der Waals surface area contributed by atoms with E-state index in [2.05, 4.69) is 21.3 Å². The third kappa shape index (κ3) is 14.6. The number of hydrogen-bond acceptors (Lipinski definition) is 7. The first-order valence-electron chi connectivity index (χ1n) is 16.3. The van der Waals surface area contributed by atoms with Crippen molar-refractivity contribution in [1.82, 2.24) is 21.3 Å². The number of rotatable bonds is 18. The second-order valence-corrected chi connectivity index (χ2v) is 12.8. The second-order valence-electron chi connectivity index (χ2n) is 12.8. The standard InChI is InChI=1S/C37H47N5O7/c1-37(2,3)49-36(48)40-28(21-25-13-7-4-8-14-25)24-39-31(23-27-17-11-6-12-18-27)35(47)41-29(19-20-32(43)44)34(46)42-30(33(38)45)22-26-15-9-5-10-16-26/h4-18,28-31,39H,19-24H2,1-3H3,(H2,38,45)(H,40,48)(H,41,47)(H,42,46)(H,43,44)/t28-,29-,30-,31-/m0/s1. The number of hydrogen-bond donors (Lipinski definition) is 6. The SMILES string of the molecule is CC(C)(C)OC(=O)N[C@H](CN[C@@H](Cc1ccccc1)C(=O)N[C@@H](CCC(=O)O)C(=O)N[C@@H](Cc1ccccc1)C(N)=O)Cc1ccccc1. The lowest BCUT2D eigenvalue weighted by atomic mass is 10.0. The number of primary amides is 1. The summed E-state index contributed by atoms with van der Waals surface area (Å²) in [6.45, 7) is 5.45. The minimum atomic E-state index is -1.28. The van der Waals surface area contributed by atoms with Crippen LogP contribution in [0, 0.1) is 0 Å². The molecule has 12 nitrogen and oxygen atoms in total. The summed E-state index contributed by atoms with van der Waals surface area (Å²) in [5, 5.41) is 20.8. The number of nitrogens with two attached hydrogens (primary N) is 1. The quantitative estimate of drug-likeness (QED) is 0.119. The molecular formula is C37H47N5O7. The summed E-state index contributed by atoms with van der Waals surface area (Å²) in [6.07, 6.45) is -0.460. The molecule has 262 valence electrons. The van der Waals surface area contributed by atoms with Crippen molar-refractivity contribution in [3.8, 4) is 0 Å². The first-order chi connectivity index (χ1) is 23.3. The maximum Gasteiger partial charge on any atom is 0.407 e. The van der Waals surface area contributed by atoms with Gasteiger partial charge in [-0.15, -0.1) is 0 Å². The van der Waals surface area contributed by atoms with Crippen LogP contribution in [-0.2, 0) is 43.2 Å². The van der Waals surface area contributed by atoms with Gasteiger partial charge in [-0.2, -0.15) is 0 Å². The van der Waals surface area contributed by atoms with Crippen LogP contribution in [0.15, 0.2) is 91.0 Å². The summed E-state index contributed by atoms with van der Waals surface area (Å²) in [7, 11) is 0. The molecule has 0 aliphatic heterocycles. The van der Waals surface area contributed by atoms with Gasteiger partial charge in [0.05, 0.1) is 6.04 Å². The van der Waals surface area contributed by atoms with Crippen molar-refractivity contribution >= 4 is 29.8 Å². The monoisotopic (exact) mass is 673 g/mol. The van der Waals surface area contributed by atoms with E-state index in [1.807, 2.05) is 66.7 Å². The molecule has 0 fully saturated rings. The number of carbonyl (C=O) groups excluding carboxylic acids is 4. The van der Waals surface area contributed by atoms with Crippen LogP contribution in [0.2, 0.25) is 0 Å². The Morgan fingerprint density at radius 2 is 1.12 bits per heavy atom. The van der Waals surface area contributed by atoms with Gasteiger partial charge in [0.2, 0.25) is 17.7 Å². The van der Waals surface area contributed by atoms with E-state index in [1.165, 1.54) is 0 Å². The van der Waals surface area contributed by atoms with Crippen molar-refractivity contribution in [2.24, 2.45) is 5.73 Å². The van der Waals surface area contributed by atoms with E-state index in [9.17, 15) is 29.1 Å². The summed E-state index contributed by atoms with van der Waals surface area (Å²) in [5.41, 5.74) is 7.43. The van der Waals surface area contributed by atoms with Gasteiger partial charge in [0, 0.05) is 25.4 Å². The van der Waals surface area contributed by atoms with E-state index < -0.39 is 66.0 Å². The number of alkyl carbamates (subject to hydrolysis) is 1. The molecular weight excluding hydrogens is 626 g/mol. The summed E-state index contributed by atoms with van der Waals surface area (Å²) >= 11 is 0. The molecule has 49 heavy (non-hydrogen) atoms. The number of aliphatic carboxylic acids is 1. The highest BCUT2D eigenvalue weighted by molar-refractivity contribution is 5.93. The summed E-state index contributed by atoms with van der Waals surface area (Å²) in [6, 6.07) is 24.0. The zero-order valence-electron chi connectivity index (χ0n) is 28.2. The second kappa shape index (κ2) is 18.9. The first kappa shape index (κ1) is 38.2. The smallest absolute Gasteiger partial charge is 0.407 e. The molecule has 4 atom stereocenters. The van der Waals surface area contributed by atoms with E-state index in [-0.39, 0.29) is 25.8 Å². The third-order valence-electron chi connectivity index (χ3n) is 7.48.